The Morgan fingerprint density at radius 1 is 1.39 bits per heavy atom. The number of aryl methyl sites for hydroxylation is 1. The van der Waals surface area contributed by atoms with E-state index in [1.165, 1.54) is 12.1 Å². The number of carbonyl (C=O) groups is 1. The fraction of sp³-hybridized carbons (Fsp3) is 0.412. The third-order valence-electron chi connectivity index (χ3n) is 3.93. The normalized spacial score (nSPS) is 16.7. The molecular formula is C17H20FN3O2. The third-order valence-corrected chi connectivity index (χ3v) is 3.93. The lowest BCUT2D eigenvalue weighted by atomic mass is 10.1. The highest BCUT2D eigenvalue weighted by molar-refractivity contribution is 5.76. The molecule has 5 nitrogen and oxygen atoms in total. The summed E-state index contributed by atoms with van der Waals surface area (Å²) in [5.74, 6) is 1.46. The van der Waals surface area contributed by atoms with Crippen molar-refractivity contribution in [2.45, 2.75) is 38.3 Å². The Labute approximate surface area is 134 Å². The highest BCUT2D eigenvalue weighted by atomic mass is 19.1. The van der Waals surface area contributed by atoms with Crippen molar-refractivity contribution < 1.29 is 13.9 Å². The zero-order valence-electron chi connectivity index (χ0n) is 12.9. The van der Waals surface area contributed by atoms with Gasteiger partial charge in [-0.1, -0.05) is 0 Å². The van der Waals surface area contributed by atoms with E-state index in [0.29, 0.717) is 25.2 Å². The van der Waals surface area contributed by atoms with Crippen molar-refractivity contribution in [1.82, 2.24) is 14.9 Å². The highest BCUT2D eigenvalue weighted by Crippen LogP contribution is 2.14. The summed E-state index contributed by atoms with van der Waals surface area (Å²) < 4.78 is 20.3. The van der Waals surface area contributed by atoms with Gasteiger partial charge >= 0.3 is 0 Å². The van der Waals surface area contributed by atoms with Crippen molar-refractivity contribution in [1.29, 1.82) is 0 Å². The second-order valence-corrected chi connectivity index (χ2v) is 5.70. The average Bonchev–Trinajstić information content (AvgIpc) is 3.01. The topological polar surface area (TPSA) is 56.1 Å². The molecule has 1 aliphatic heterocycles. The molecule has 1 atom stereocenters. The Bertz CT molecular complexity index is 654. The van der Waals surface area contributed by atoms with Crippen molar-refractivity contribution in [3.63, 3.8) is 0 Å². The van der Waals surface area contributed by atoms with E-state index in [1.54, 1.807) is 18.3 Å². The summed E-state index contributed by atoms with van der Waals surface area (Å²) in [5.41, 5.74) is 0. The van der Waals surface area contributed by atoms with Gasteiger partial charge in [-0.05, 0) is 37.1 Å². The first-order chi connectivity index (χ1) is 11.2. The van der Waals surface area contributed by atoms with E-state index in [1.807, 2.05) is 6.20 Å². The monoisotopic (exact) mass is 317 g/mol. The molecule has 1 N–H and O–H groups in total. The molecule has 2 aromatic rings. The number of carbonyl (C=O) groups excluding carboxylic acids is 1. The van der Waals surface area contributed by atoms with E-state index in [9.17, 15) is 9.18 Å². The summed E-state index contributed by atoms with van der Waals surface area (Å²) in [6.07, 6.45) is 6.62. The highest BCUT2D eigenvalue weighted by Gasteiger charge is 2.19. The quantitative estimate of drug-likeness (QED) is 0.832. The fourth-order valence-electron chi connectivity index (χ4n) is 2.74. The van der Waals surface area contributed by atoms with Crippen molar-refractivity contribution in [3.05, 3.63) is 48.3 Å². The van der Waals surface area contributed by atoms with Crippen LogP contribution < -0.4 is 10.1 Å². The number of nitrogens with zero attached hydrogens (tertiary/aromatic N) is 2. The SMILES string of the molecule is O=C(CCCOc1ccc(F)cc1)NC1CCc2nccn2C1. The van der Waals surface area contributed by atoms with E-state index in [-0.39, 0.29) is 17.8 Å². The molecule has 3 rings (SSSR count). The first kappa shape index (κ1) is 15.5. The lowest BCUT2D eigenvalue weighted by molar-refractivity contribution is -0.122. The molecule has 0 saturated heterocycles. The number of hydrogen-bond donors (Lipinski definition) is 1. The minimum Gasteiger partial charge on any atom is -0.494 e. The van der Waals surface area contributed by atoms with Crippen LogP contribution in [0.1, 0.15) is 25.1 Å². The van der Waals surface area contributed by atoms with Gasteiger partial charge < -0.3 is 14.6 Å². The average molecular weight is 317 g/mol. The molecule has 6 heteroatoms. The lowest BCUT2D eigenvalue weighted by Gasteiger charge is -2.24. The second-order valence-electron chi connectivity index (χ2n) is 5.70. The van der Waals surface area contributed by atoms with E-state index < -0.39 is 0 Å². The molecule has 1 unspecified atom stereocenters. The summed E-state index contributed by atoms with van der Waals surface area (Å²) in [6, 6.07) is 6.05. The molecule has 0 radical (unpaired) electrons. The summed E-state index contributed by atoms with van der Waals surface area (Å²) in [6.45, 7) is 1.22. The van der Waals surface area contributed by atoms with Gasteiger partial charge in [0.15, 0.2) is 0 Å². The maximum Gasteiger partial charge on any atom is 0.220 e. The van der Waals surface area contributed by atoms with Crippen LogP contribution >= 0.6 is 0 Å². The van der Waals surface area contributed by atoms with Crippen LogP contribution in [0.15, 0.2) is 36.7 Å². The van der Waals surface area contributed by atoms with Crippen LogP contribution in [0.4, 0.5) is 4.39 Å². The van der Waals surface area contributed by atoms with Crippen molar-refractivity contribution >= 4 is 5.91 Å². The number of aromatic nitrogens is 2. The standard InChI is InChI=1S/C17H20FN3O2/c18-13-3-6-15(7-4-13)23-11-1-2-17(22)20-14-5-8-16-19-9-10-21(16)12-14/h3-4,6-7,9-10,14H,1-2,5,8,11-12H2,(H,20,22). The number of imidazole rings is 1. The Hall–Kier alpha value is -2.37. The Morgan fingerprint density at radius 2 is 2.22 bits per heavy atom. The largest absolute Gasteiger partial charge is 0.494 e. The molecule has 1 aliphatic rings. The predicted octanol–water partition coefficient (Wildman–Crippen LogP) is 2.31. The number of halogens is 1. The van der Waals surface area contributed by atoms with E-state index >= 15 is 0 Å². The Balaban J connectivity index is 1.35. The molecule has 122 valence electrons. The van der Waals surface area contributed by atoms with Crippen molar-refractivity contribution in [2.24, 2.45) is 0 Å². The van der Waals surface area contributed by atoms with Gasteiger partial charge in [0, 0.05) is 37.8 Å². The van der Waals surface area contributed by atoms with Crippen LogP contribution in [0.25, 0.3) is 0 Å². The third kappa shape index (κ3) is 4.31. The number of rotatable bonds is 6. The molecule has 2 heterocycles. The van der Waals surface area contributed by atoms with Gasteiger partial charge in [0.25, 0.3) is 0 Å². The van der Waals surface area contributed by atoms with Gasteiger partial charge in [-0.2, -0.15) is 0 Å². The van der Waals surface area contributed by atoms with Crippen LogP contribution in [0, 0.1) is 5.82 Å². The number of ether oxygens (including phenoxy) is 1. The van der Waals surface area contributed by atoms with E-state index in [0.717, 1.165) is 25.2 Å². The summed E-state index contributed by atoms with van der Waals surface area (Å²) in [7, 11) is 0. The van der Waals surface area contributed by atoms with Gasteiger partial charge in [0.05, 0.1) is 6.61 Å². The Kier molecular flexibility index (Phi) is 4.90. The van der Waals surface area contributed by atoms with Crippen LogP contribution in [0.2, 0.25) is 0 Å². The number of fused-ring (bicyclic) bond motifs is 1. The molecular weight excluding hydrogens is 297 g/mol. The first-order valence-corrected chi connectivity index (χ1v) is 7.88. The number of hydrogen-bond acceptors (Lipinski definition) is 3. The van der Waals surface area contributed by atoms with Gasteiger partial charge in [0.1, 0.15) is 17.4 Å². The van der Waals surface area contributed by atoms with Crippen LogP contribution in [-0.2, 0) is 17.8 Å². The minimum absolute atomic E-state index is 0.0428. The second kappa shape index (κ2) is 7.26. The van der Waals surface area contributed by atoms with Gasteiger partial charge in [-0.25, -0.2) is 9.37 Å². The maximum absolute atomic E-state index is 12.8. The minimum atomic E-state index is -0.287. The number of nitrogens with one attached hydrogen (secondary N) is 1. The zero-order chi connectivity index (χ0) is 16.1. The summed E-state index contributed by atoms with van der Waals surface area (Å²) in [4.78, 5) is 16.3. The van der Waals surface area contributed by atoms with Crippen LogP contribution in [-0.4, -0.2) is 28.1 Å². The molecule has 0 saturated carbocycles. The zero-order valence-corrected chi connectivity index (χ0v) is 12.9. The smallest absolute Gasteiger partial charge is 0.220 e. The Morgan fingerprint density at radius 3 is 3.04 bits per heavy atom. The van der Waals surface area contributed by atoms with Crippen molar-refractivity contribution in [2.75, 3.05) is 6.61 Å². The first-order valence-electron chi connectivity index (χ1n) is 7.88. The summed E-state index contributed by atoms with van der Waals surface area (Å²) in [5, 5.41) is 3.06. The molecule has 23 heavy (non-hydrogen) atoms. The molecule has 1 amide bonds. The van der Waals surface area contributed by atoms with Gasteiger partial charge in [-0.3, -0.25) is 4.79 Å². The van der Waals surface area contributed by atoms with Crippen LogP contribution in [0.5, 0.6) is 5.75 Å². The van der Waals surface area contributed by atoms with Gasteiger partial charge in [0.2, 0.25) is 5.91 Å². The van der Waals surface area contributed by atoms with Gasteiger partial charge in [-0.15, -0.1) is 0 Å². The number of benzene rings is 1. The molecule has 1 aromatic heterocycles. The molecule has 1 aromatic carbocycles. The maximum atomic E-state index is 12.8. The predicted molar refractivity (Wildman–Crippen MR) is 83.6 cm³/mol. The fourth-order valence-corrected chi connectivity index (χ4v) is 2.74. The molecule has 0 spiro atoms. The molecule has 0 fully saturated rings. The number of amides is 1. The molecule has 0 aliphatic carbocycles. The summed E-state index contributed by atoms with van der Waals surface area (Å²) >= 11 is 0. The lowest BCUT2D eigenvalue weighted by Crippen LogP contribution is -2.40. The van der Waals surface area contributed by atoms with Crippen molar-refractivity contribution in [3.8, 4) is 5.75 Å². The molecule has 0 bridgehead atoms. The van der Waals surface area contributed by atoms with E-state index in [4.69, 9.17) is 4.74 Å². The van der Waals surface area contributed by atoms with Crippen LogP contribution in [0.3, 0.4) is 0 Å². The van der Waals surface area contributed by atoms with E-state index in [2.05, 4.69) is 14.9 Å².